The first-order chi connectivity index (χ1) is 6.02. The molecule has 0 aliphatic heterocycles. The monoisotopic (exact) mass is 199 g/mol. The molecule has 0 fully saturated rings. The van der Waals surface area contributed by atoms with Crippen LogP contribution in [0.5, 0.6) is 0 Å². The summed E-state index contributed by atoms with van der Waals surface area (Å²) in [6, 6.07) is 3.74. The third-order valence-electron chi connectivity index (χ3n) is 2.26. The van der Waals surface area contributed by atoms with Gasteiger partial charge >= 0.3 is 0 Å². The zero-order valence-corrected chi connectivity index (χ0v) is 8.73. The van der Waals surface area contributed by atoms with E-state index in [4.69, 9.17) is 4.55 Å². The lowest BCUT2D eigenvalue weighted by Gasteiger charge is -2.10. The van der Waals surface area contributed by atoms with Crippen molar-refractivity contribution in [3.05, 3.63) is 28.8 Å². The Morgan fingerprint density at radius 1 is 1.23 bits per heavy atom. The molecule has 3 nitrogen and oxygen atoms in total. The van der Waals surface area contributed by atoms with E-state index < -0.39 is 11.3 Å². The summed E-state index contributed by atoms with van der Waals surface area (Å²) in [5, 5.41) is 0. The van der Waals surface area contributed by atoms with Gasteiger partial charge in [-0.3, -0.25) is 9.27 Å². The Labute approximate surface area is 80.6 Å². The molecular formula is C9H13NO2S. The second-order valence-electron chi connectivity index (χ2n) is 3.03. The Kier molecular flexibility index (Phi) is 3.06. The molecule has 0 aliphatic rings. The predicted molar refractivity (Wildman–Crippen MR) is 55.0 cm³/mol. The van der Waals surface area contributed by atoms with Crippen LogP contribution in [0, 0.1) is 20.8 Å². The van der Waals surface area contributed by atoms with Gasteiger partial charge in [0.2, 0.25) is 0 Å². The summed E-state index contributed by atoms with van der Waals surface area (Å²) >= 11 is -1.99. The maximum atomic E-state index is 10.5. The van der Waals surface area contributed by atoms with E-state index in [0.717, 1.165) is 11.1 Å². The number of hydrogen-bond donors (Lipinski definition) is 2. The molecule has 0 saturated carbocycles. The molecule has 72 valence electrons. The second-order valence-corrected chi connectivity index (χ2v) is 3.73. The van der Waals surface area contributed by atoms with Crippen LogP contribution in [-0.4, -0.2) is 8.76 Å². The van der Waals surface area contributed by atoms with Gasteiger partial charge in [-0.25, -0.2) is 4.21 Å². The summed E-state index contributed by atoms with van der Waals surface area (Å²) in [5.74, 6) is 0. The van der Waals surface area contributed by atoms with E-state index in [1.54, 1.807) is 0 Å². The Hall–Kier alpha value is -0.870. The second kappa shape index (κ2) is 3.89. The molecule has 0 heterocycles. The maximum absolute atomic E-state index is 10.5. The van der Waals surface area contributed by atoms with Crippen LogP contribution in [0.25, 0.3) is 0 Å². The highest BCUT2D eigenvalue weighted by atomic mass is 32.2. The first-order valence-electron chi connectivity index (χ1n) is 3.96. The fourth-order valence-electron chi connectivity index (χ4n) is 1.16. The summed E-state index contributed by atoms with van der Waals surface area (Å²) in [5.41, 5.74) is 4.06. The van der Waals surface area contributed by atoms with Crippen molar-refractivity contribution in [3.8, 4) is 0 Å². The molecule has 2 N–H and O–H groups in total. The lowest BCUT2D eigenvalue weighted by atomic mass is 10.0. The van der Waals surface area contributed by atoms with Crippen LogP contribution >= 0.6 is 0 Å². The maximum Gasteiger partial charge on any atom is 0.259 e. The Bertz CT molecular complexity index is 350. The molecule has 13 heavy (non-hydrogen) atoms. The molecule has 0 spiro atoms. The van der Waals surface area contributed by atoms with Crippen LogP contribution in [0.1, 0.15) is 16.7 Å². The third kappa shape index (κ3) is 2.29. The van der Waals surface area contributed by atoms with Crippen LogP contribution in [0.3, 0.4) is 0 Å². The van der Waals surface area contributed by atoms with E-state index in [1.807, 2.05) is 32.9 Å². The lowest BCUT2D eigenvalue weighted by molar-refractivity contribution is 0.570. The Balaban J connectivity index is 3.10. The molecule has 0 aromatic heterocycles. The van der Waals surface area contributed by atoms with Crippen LogP contribution < -0.4 is 4.72 Å². The minimum absolute atomic E-state index is 0.712. The average Bonchev–Trinajstić information content (AvgIpc) is 2.06. The van der Waals surface area contributed by atoms with Crippen molar-refractivity contribution in [1.29, 1.82) is 0 Å². The van der Waals surface area contributed by atoms with Gasteiger partial charge in [0.25, 0.3) is 11.3 Å². The van der Waals surface area contributed by atoms with E-state index in [-0.39, 0.29) is 0 Å². The van der Waals surface area contributed by atoms with Gasteiger partial charge in [0.1, 0.15) is 0 Å². The molecule has 0 saturated heterocycles. The van der Waals surface area contributed by atoms with Gasteiger partial charge in [-0.05, 0) is 43.5 Å². The fourth-order valence-corrected chi connectivity index (χ4v) is 1.57. The third-order valence-corrected chi connectivity index (χ3v) is 2.65. The van der Waals surface area contributed by atoms with Crippen LogP contribution in [0.2, 0.25) is 0 Å². The Morgan fingerprint density at radius 2 is 1.85 bits per heavy atom. The summed E-state index contributed by atoms with van der Waals surface area (Å²) in [4.78, 5) is 0. The molecule has 0 radical (unpaired) electrons. The van der Waals surface area contributed by atoms with Crippen molar-refractivity contribution < 1.29 is 8.76 Å². The number of benzene rings is 1. The predicted octanol–water partition coefficient (Wildman–Crippen LogP) is 2.16. The van der Waals surface area contributed by atoms with E-state index >= 15 is 0 Å². The van der Waals surface area contributed by atoms with Crippen molar-refractivity contribution in [2.45, 2.75) is 20.8 Å². The van der Waals surface area contributed by atoms with E-state index in [0.29, 0.717) is 5.69 Å². The number of anilines is 1. The standard InChI is InChI=1S/C9H13NO2S/c1-6-4-5-9(10-13(11)12)8(3)7(6)2/h4-5,10H,1-3H3,(H,11,12). The topological polar surface area (TPSA) is 49.3 Å². The number of rotatable bonds is 2. The van der Waals surface area contributed by atoms with E-state index in [1.165, 1.54) is 5.56 Å². The van der Waals surface area contributed by atoms with E-state index in [2.05, 4.69) is 4.72 Å². The van der Waals surface area contributed by atoms with Gasteiger partial charge in [-0.1, -0.05) is 6.07 Å². The van der Waals surface area contributed by atoms with Crippen molar-refractivity contribution in [1.82, 2.24) is 0 Å². The van der Waals surface area contributed by atoms with Crippen molar-refractivity contribution in [3.63, 3.8) is 0 Å². The molecule has 1 aromatic carbocycles. The first kappa shape index (κ1) is 10.2. The molecule has 1 unspecified atom stereocenters. The minimum atomic E-state index is -1.99. The molecular weight excluding hydrogens is 186 g/mol. The van der Waals surface area contributed by atoms with Gasteiger partial charge < -0.3 is 0 Å². The normalized spacial score (nSPS) is 12.6. The van der Waals surface area contributed by atoms with Crippen LogP contribution in [0.15, 0.2) is 12.1 Å². The molecule has 1 rings (SSSR count). The first-order valence-corrected chi connectivity index (χ1v) is 5.07. The number of nitrogens with one attached hydrogen (secondary N) is 1. The van der Waals surface area contributed by atoms with Gasteiger partial charge in [-0.15, -0.1) is 0 Å². The number of aryl methyl sites for hydroxylation is 1. The zero-order valence-electron chi connectivity index (χ0n) is 7.92. The van der Waals surface area contributed by atoms with Gasteiger partial charge in [-0.2, -0.15) is 0 Å². The molecule has 1 atom stereocenters. The van der Waals surface area contributed by atoms with Gasteiger partial charge in [0.15, 0.2) is 0 Å². The zero-order chi connectivity index (χ0) is 10.0. The summed E-state index contributed by atoms with van der Waals surface area (Å²) in [6.07, 6.45) is 0. The smallest absolute Gasteiger partial charge is 0.259 e. The fraction of sp³-hybridized carbons (Fsp3) is 0.333. The van der Waals surface area contributed by atoms with Crippen molar-refractivity contribution in [2.75, 3.05) is 4.72 Å². The minimum Gasteiger partial charge on any atom is -0.289 e. The van der Waals surface area contributed by atoms with Crippen LogP contribution in [0.4, 0.5) is 5.69 Å². The van der Waals surface area contributed by atoms with Crippen molar-refractivity contribution >= 4 is 17.0 Å². The summed E-state index contributed by atoms with van der Waals surface area (Å²) in [7, 11) is 0. The summed E-state index contributed by atoms with van der Waals surface area (Å²) < 4.78 is 21.6. The highest BCUT2D eigenvalue weighted by molar-refractivity contribution is 7.80. The van der Waals surface area contributed by atoms with Crippen molar-refractivity contribution in [2.24, 2.45) is 0 Å². The van der Waals surface area contributed by atoms with Gasteiger partial charge in [0, 0.05) is 0 Å². The number of hydrogen-bond acceptors (Lipinski definition) is 1. The lowest BCUT2D eigenvalue weighted by Crippen LogP contribution is -2.04. The molecule has 4 heteroatoms. The molecule has 0 aliphatic carbocycles. The quantitative estimate of drug-likeness (QED) is 0.717. The molecule has 0 bridgehead atoms. The van der Waals surface area contributed by atoms with Gasteiger partial charge in [0.05, 0.1) is 5.69 Å². The summed E-state index contributed by atoms with van der Waals surface area (Å²) in [6.45, 7) is 5.94. The Morgan fingerprint density at radius 3 is 2.38 bits per heavy atom. The average molecular weight is 199 g/mol. The van der Waals surface area contributed by atoms with E-state index in [9.17, 15) is 4.21 Å². The molecule has 0 amide bonds. The highest BCUT2D eigenvalue weighted by Gasteiger charge is 2.04. The SMILES string of the molecule is Cc1ccc(NS(=O)O)c(C)c1C. The molecule has 1 aromatic rings. The largest absolute Gasteiger partial charge is 0.289 e. The highest BCUT2D eigenvalue weighted by Crippen LogP contribution is 2.21. The van der Waals surface area contributed by atoms with Crippen LogP contribution in [-0.2, 0) is 11.3 Å².